The van der Waals surface area contributed by atoms with Crippen LogP contribution < -0.4 is 10.6 Å². The molecule has 2 atom stereocenters. The van der Waals surface area contributed by atoms with Crippen molar-refractivity contribution in [2.24, 2.45) is 10.8 Å². The summed E-state index contributed by atoms with van der Waals surface area (Å²) in [6.07, 6.45) is 4.21. The van der Waals surface area contributed by atoms with Crippen LogP contribution in [0.2, 0.25) is 0 Å². The zero-order valence-electron chi connectivity index (χ0n) is 14.3. The quantitative estimate of drug-likeness (QED) is 0.654. The first-order chi connectivity index (χ1) is 10.6. The molecule has 23 heavy (non-hydrogen) atoms. The fourth-order valence-corrected chi connectivity index (χ4v) is 3.51. The van der Waals surface area contributed by atoms with E-state index in [1.807, 2.05) is 27.7 Å². The number of thiocarbonyl (C=S) groups is 2. The molecule has 2 rings (SSSR count). The summed E-state index contributed by atoms with van der Waals surface area (Å²) in [6.45, 7) is 7.67. The molecular formula is C17H26N2O2S2. The Balaban J connectivity index is 1.75. The van der Waals surface area contributed by atoms with Gasteiger partial charge in [-0.05, 0) is 39.5 Å². The Hall–Kier alpha value is -0.880. The van der Waals surface area contributed by atoms with Crippen molar-refractivity contribution in [1.29, 1.82) is 0 Å². The molecule has 0 aromatic heterocycles. The van der Waals surface area contributed by atoms with Crippen LogP contribution in [0.3, 0.4) is 0 Å². The van der Waals surface area contributed by atoms with Gasteiger partial charge in [-0.1, -0.05) is 38.3 Å². The maximum absolute atomic E-state index is 12.2. The number of Topliss-reactive ketones (excluding diaryl/α,β-unsaturated/α-hetero) is 2. The van der Waals surface area contributed by atoms with E-state index in [1.54, 1.807) is 0 Å². The molecular weight excluding hydrogens is 328 g/mol. The lowest BCUT2D eigenvalue weighted by Crippen LogP contribution is -2.45. The number of carbonyl (C=O) groups is 2. The van der Waals surface area contributed by atoms with Gasteiger partial charge in [-0.15, -0.1) is 0 Å². The molecule has 0 aromatic rings. The molecule has 2 N–H and O–H groups in total. The molecule has 128 valence electrons. The second-order valence-electron chi connectivity index (χ2n) is 7.61. The maximum atomic E-state index is 12.2. The monoisotopic (exact) mass is 354 g/mol. The third kappa shape index (κ3) is 4.57. The molecule has 0 saturated heterocycles. The van der Waals surface area contributed by atoms with E-state index < -0.39 is 0 Å². The van der Waals surface area contributed by atoms with Crippen molar-refractivity contribution in [3.63, 3.8) is 0 Å². The summed E-state index contributed by atoms with van der Waals surface area (Å²) in [5.41, 5.74) is -0.330. The highest BCUT2D eigenvalue weighted by Crippen LogP contribution is 2.47. The zero-order chi connectivity index (χ0) is 17.4. The van der Waals surface area contributed by atoms with Gasteiger partial charge in [0.25, 0.3) is 0 Å². The summed E-state index contributed by atoms with van der Waals surface area (Å²) < 4.78 is 0. The van der Waals surface area contributed by atoms with Crippen molar-refractivity contribution in [2.75, 3.05) is 0 Å². The van der Waals surface area contributed by atoms with E-state index >= 15 is 0 Å². The van der Waals surface area contributed by atoms with Crippen LogP contribution in [0.25, 0.3) is 0 Å². The maximum Gasteiger partial charge on any atom is 0.160 e. The SMILES string of the molecule is CC(NC(=S)CC(=S)NC(C)C(=O)C1(C)CC1)C(=O)C1(C)CC1. The smallest absolute Gasteiger partial charge is 0.160 e. The zero-order valence-corrected chi connectivity index (χ0v) is 16.0. The van der Waals surface area contributed by atoms with Gasteiger partial charge in [-0.2, -0.15) is 0 Å². The number of ketones is 2. The molecule has 2 aliphatic rings. The molecule has 0 aliphatic heterocycles. The van der Waals surface area contributed by atoms with Gasteiger partial charge in [0.15, 0.2) is 11.6 Å². The van der Waals surface area contributed by atoms with E-state index in [0.717, 1.165) is 25.7 Å². The standard InChI is InChI=1S/C17H26N2O2S2/c1-10(14(20)16(3)5-6-16)18-12(22)9-13(23)19-11(2)15(21)17(4)7-8-17/h10-11H,5-9H2,1-4H3,(H,18,22)(H,19,23). The average molecular weight is 355 g/mol. The van der Waals surface area contributed by atoms with Crippen LogP contribution in [0, 0.1) is 10.8 Å². The molecule has 2 aliphatic carbocycles. The van der Waals surface area contributed by atoms with Crippen LogP contribution >= 0.6 is 24.4 Å². The predicted molar refractivity (Wildman–Crippen MR) is 99.7 cm³/mol. The van der Waals surface area contributed by atoms with Gasteiger partial charge in [0.05, 0.1) is 22.1 Å². The van der Waals surface area contributed by atoms with Gasteiger partial charge in [0.2, 0.25) is 0 Å². The number of hydrogen-bond acceptors (Lipinski definition) is 4. The largest absolute Gasteiger partial charge is 0.370 e. The van der Waals surface area contributed by atoms with Gasteiger partial charge in [0, 0.05) is 17.3 Å². The summed E-state index contributed by atoms with van der Waals surface area (Å²) in [7, 11) is 0. The van der Waals surface area contributed by atoms with E-state index in [2.05, 4.69) is 10.6 Å². The molecule has 2 unspecified atom stereocenters. The van der Waals surface area contributed by atoms with Crippen molar-refractivity contribution in [3.8, 4) is 0 Å². The van der Waals surface area contributed by atoms with Crippen LogP contribution in [0.5, 0.6) is 0 Å². The molecule has 2 saturated carbocycles. The van der Waals surface area contributed by atoms with E-state index in [0.29, 0.717) is 16.4 Å². The highest BCUT2D eigenvalue weighted by atomic mass is 32.1. The fraction of sp³-hybridized carbons (Fsp3) is 0.765. The van der Waals surface area contributed by atoms with Crippen LogP contribution in [0.4, 0.5) is 0 Å². The van der Waals surface area contributed by atoms with Gasteiger partial charge in [-0.3, -0.25) is 9.59 Å². The Labute approximate surface area is 149 Å². The molecule has 0 bridgehead atoms. The third-order valence-electron chi connectivity index (χ3n) is 5.05. The molecule has 0 aromatic carbocycles. The summed E-state index contributed by atoms with van der Waals surface area (Å²) >= 11 is 10.6. The second-order valence-corrected chi connectivity index (χ2v) is 8.59. The van der Waals surface area contributed by atoms with Crippen molar-refractivity contribution in [1.82, 2.24) is 10.6 Å². The highest BCUT2D eigenvalue weighted by molar-refractivity contribution is 7.82. The molecule has 0 spiro atoms. The number of carbonyl (C=O) groups excluding carboxylic acids is 2. The minimum atomic E-state index is -0.290. The first-order valence-electron chi connectivity index (χ1n) is 8.25. The summed E-state index contributed by atoms with van der Waals surface area (Å²) in [5, 5.41) is 6.14. The molecule has 4 nitrogen and oxygen atoms in total. The van der Waals surface area contributed by atoms with Gasteiger partial charge < -0.3 is 10.6 Å². The van der Waals surface area contributed by atoms with Crippen molar-refractivity contribution in [3.05, 3.63) is 0 Å². The van der Waals surface area contributed by atoms with Crippen molar-refractivity contribution >= 4 is 46.0 Å². The normalized spacial score (nSPS) is 22.4. The van der Waals surface area contributed by atoms with Crippen LogP contribution in [0.1, 0.15) is 59.8 Å². The lowest BCUT2D eigenvalue weighted by atomic mass is 9.98. The van der Waals surface area contributed by atoms with Gasteiger partial charge in [-0.25, -0.2) is 0 Å². The molecule has 0 heterocycles. The number of rotatable bonds is 8. The summed E-state index contributed by atoms with van der Waals surface area (Å²) in [6, 6.07) is -0.579. The lowest BCUT2D eigenvalue weighted by molar-refractivity contribution is -0.125. The summed E-state index contributed by atoms with van der Waals surface area (Å²) in [4.78, 5) is 25.5. The Morgan fingerprint density at radius 1 is 0.870 bits per heavy atom. The van der Waals surface area contributed by atoms with E-state index in [-0.39, 0.29) is 34.5 Å². The number of nitrogens with one attached hydrogen (secondary N) is 2. The highest BCUT2D eigenvalue weighted by Gasteiger charge is 2.47. The molecule has 0 amide bonds. The van der Waals surface area contributed by atoms with Crippen molar-refractivity contribution < 1.29 is 9.59 Å². The Morgan fingerprint density at radius 3 is 1.43 bits per heavy atom. The fourth-order valence-electron chi connectivity index (χ4n) is 2.78. The Bertz CT molecular complexity index is 503. The first kappa shape index (κ1) is 18.5. The van der Waals surface area contributed by atoms with E-state index in [4.69, 9.17) is 24.4 Å². The Kier molecular flexibility index (Phi) is 5.26. The minimum absolute atomic E-state index is 0.165. The Morgan fingerprint density at radius 2 is 1.17 bits per heavy atom. The summed E-state index contributed by atoms with van der Waals surface area (Å²) in [5.74, 6) is 0.424. The first-order valence-corrected chi connectivity index (χ1v) is 9.06. The molecule has 6 heteroatoms. The average Bonchev–Trinajstić information content (AvgIpc) is 3.37. The lowest BCUT2D eigenvalue weighted by Gasteiger charge is -2.21. The van der Waals surface area contributed by atoms with E-state index in [9.17, 15) is 9.59 Å². The van der Waals surface area contributed by atoms with E-state index in [1.165, 1.54) is 0 Å². The van der Waals surface area contributed by atoms with Crippen molar-refractivity contribution in [2.45, 2.75) is 71.9 Å². The van der Waals surface area contributed by atoms with Gasteiger partial charge >= 0.3 is 0 Å². The van der Waals surface area contributed by atoms with Gasteiger partial charge in [0.1, 0.15) is 0 Å². The topological polar surface area (TPSA) is 58.2 Å². The number of hydrogen-bond donors (Lipinski definition) is 2. The third-order valence-corrected chi connectivity index (χ3v) is 5.58. The van der Waals surface area contributed by atoms with Crippen LogP contribution in [-0.4, -0.2) is 33.6 Å². The molecule has 2 fully saturated rings. The minimum Gasteiger partial charge on any atom is -0.370 e. The van der Waals surface area contributed by atoms with Crippen LogP contribution in [-0.2, 0) is 9.59 Å². The predicted octanol–water partition coefficient (Wildman–Crippen LogP) is 2.73. The second kappa shape index (κ2) is 6.55. The molecule has 0 radical (unpaired) electrons. The van der Waals surface area contributed by atoms with Crippen LogP contribution in [0.15, 0.2) is 0 Å².